The number of nitrogens with two attached hydrogens (primary N) is 1. The quantitative estimate of drug-likeness (QED) is 0.375. The average molecular weight is 505 g/mol. The van der Waals surface area contributed by atoms with Crippen molar-refractivity contribution in [1.82, 2.24) is 0 Å². The first kappa shape index (κ1) is 22.4. The van der Waals surface area contributed by atoms with Crippen LogP contribution in [0.25, 0.3) is 0 Å². The Balaban J connectivity index is 1.54. The summed E-state index contributed by atoms with van der Waals surface area (Å²) in [6.07, 6.45) is 0. The molecule has 1 aliphatic heterocycles. The fourth-order valence-electron chi connectivity index (χ4n) is 3.64. The Morgan fingerprint density at radius 3 is 2.55 bits per heavy atom. The molecule has 0 saturated heterocycles. The highest BCUT2D eigenvalue weighted by molar-refractivity contribution is 9.10. The lowest BCUT2D eigenvalue weighted by Crippen LogP contribution is -2.22. The van der Waals surface area contributed by atoms with Crippen LogP contribution in [0.1, 0.15) is 28.2 Å². The zero-order valence-electron chi connectivity index (χ0n) is 18.1. The summed E-state index contributed by atoms with van der Waals surface area (Å²) in [5, 5.41) is 9.70. The summed E-state index contributed by atoms with van der Waals surface area (Å²) >= 11 is 3.56. The van der Waals surface area contributed by atoms with Gasteiger partial charge in [0.15, 0.2) is 6.61 Å². The lowest BCUT2D eigenvalue weighted by atomic mass is 9.83. The number of hydrogen-bond donors (Lipinski definition) is 1. The van der Waals surface area contributed by atoms with Crippen LogP contribution in [-0.4, -0.2) is 12.6 Å². The summed E-state index contributed by atoms with van der Waals surface area (Å²) in [7, 11) is 0. The van der Waals surface area contributed by atoms with E-state index in [0.29, 0.717) is 22.8 Å². The largest absolute Gasteiger partial charge is 0.482 e. The van der Waals surface area contributed by atoms with Gasteiger partial charge in [-0.25, -0.2) is 4.79 Å². The van der Waals surface area contributed by atoms with Gasteiger partial charge in [-0.2, -0.15) is 5.26 Å². The Labute approximate surface area is 200 Å². The first-order valence-corrected chi connectivity index (χ1v) is 11.0. The van der Waals surface area contributed by atoms with E-state index in [1.165, 1.54) is 0 Å². The normalized spacial score (nSPS) is 14.7. The van der Waals surface area contributed by atoms with Crippen molar-refractivity contribution in [1.29, 1.82) is 5.26 Å². The van der Waals surface area contributed by atoms with Crippen molar-refractivity contribution in [3.8, 4) is 23.3 Å². The van der Waals surface area contributed by atoms with Crippen LogP contribution in [0.2, 0.25) is 0 Å². The maximum Gasteiger partial charge on any atom is 0.349 e. The second-order valence-electron chi connectivity index (χ2n) is 7.65. The smallest absolute Gasteiger partial charge is 0.349 e. The van der Waals surface area contributed by atoms with E-state index in [0.717, 1.165) is 26.7 Å². The predicted molar refractivity (Wildman–Crippen MR) is 127 cm³/mol. The van der Waals surface area contributed by atoms with Gasteiger partial charge in [-0.15, -0.1) is 0 Å². The molecule has 2 N–H and O–H groups in total. The Bertz CT molecular complexity index is 1310. The highest BCUT2D eigenvalue weighted by Gasteiger charge is 2.32. The van der Waals surface area contributed by atoms with Crippen LogP contribution in [0.5, 0.6) is 17.2 Å². The standard InChI is InChI=1S/C26H21BrN2O4/c1-15-7-8-17(11-16(15)2)31-14-24(30)32-18-9-10-20-23(12-18)33-26(29)21(13-28)25(20)19-5-3-4-6-22(19)27/h3-12,25H,14,29H2,1-2H3. The second-order valence-corrected chi connectivity index (χ2v) is 8.51. The maximum absolute atomic E-state index is 12.3. The van der Waals surface area contributed by atoms with Gasteiger partial charge in [0, 0.05) is 16.1 Å². The molecule has 1 atom stereocenters. The van der Waals surface area contributed by atoms with Crippen LogP contribution < -0.4 is 19.9 Å². The van der Waals surface area contributed by atoms with Crippen molar-refractivity contribution in [2.75, 3.05) is 6.61 Å². The number of halogens is 1. The topological polar surface area (TPSA) is 94.6 Å². The number of ether oxygens (including phenoxy) is 3. The van der Waals surface area contributed by atoms with Crippen molar-refractivity contribution in [3.63, 3.8) is 0 Å². The van der Waals surface area contributed by atoms with E-state index < -0.39 is 11.9 Å². The molecule has 0 aromatic heterocycles. The molecule has 0 fully saturated rings. The number of rotatable bonds is 5. The van der Waals surface area contributed by atoms with E-state index in [9.17, 15) is 10.1 Å². The number of nitriles is 1. The number of allylic oxidation sites excluding steroid dienone is 1. The van der Waals surface area contributed by atoms with Gasteiger partial charge in [0.25, 0.3) is 0 Å². The summed E-state index contributed by atoms with van der Waals surface area (Å²) < 4.78 is 17.5. The Kier molecular flexibility index (Phi) is 6.38. The van der Waals surface area contributed by atoms with Gasteiger partial charge < -0.3 is 19.9 Å². The Hall–Kier alpha value is -3.76. The summed E-state index contributed by atoms with van der Waals surface area (Å²) in [6.45, 7) is 3.75. The van der Waals surface area contributed by atoms with Crippen molar-refractivity contribution < 1.29 is 19.0 Å². The van der Waals surface area contributed by atoms with Gasteiger partial charge in [0.05, 0.1) is 5.92 Å². The maximum atomic E-state index is 12.3. The molecule has 0 bridgehead atoms. The first-order valence-electron chi connectivity index (χ1n) is 10.2. The molecule has 1 aliphatic rings. The molecule has 33 heavy (non-hydrogen) atoms. The number of aryl methyl sites for hydroxylation is 2. The molecule has 3 aromatic carbocycles. The van der Waals surface area contributed by atoms with E-state index in [1.807, 2.05) is 56.3 Å². The highest BCUT2D eigenvalue weighted by Crippen LogP contribution is 2.45. The molecule has 6 nitrogen and oxygen atoms in total. The number of carbonyl (C=O) groups is 1. The zero-order chi connectivity index (χ0) is 23.5. The van der Waals surface area contributed by atoms with Crippen LogP contribution in [0.4, 0.5) is 0 Å². The Morgan fingerprint density at radius 1 is 1.06 bits per heavy atom. The molecule has 0 radical (unpaired) electrons. The van der Waals surface area contributed by atoms with Crippen molar-refractivity contribution >= 4 is 21.9 Å². The SMILES string of the molecule is Cc1ccc(OCC(=O)Oc2ccc3c(c2)OC(N)=C(C#N)C3c2ccccc2Br)cc1C. The first-order chi connectivity index (χ1) is 15.9. The fourth-order valence-corrected chi connectivity index (χ4v) is 4.15. The third kappa shape index (κ3) is 4.71. The van der Waals surface area contributed by atoms with E-state index in [4.69, 9.17) is 19.9 Å². The van der Waals surface area contributed by atoms with Crippen molar-refractivity contribution in [3.05, 3.63) is 98.8 Å². The minimum Gasteiger partial charge on any atom is -0.482 e. The highest BCUT2D eigenvalue weighted by atomic mass is 79.9. The number of nitrogens with zero attached hydrogens (tertiary/aromatic N) is 1. The van der Waals surface area contributed by atoms with Gasteiger partial charge in [-0.05, 0) is 54.8 Å². The minimum atomic E-state index is -0.549. The molecule has 1 unspecified atom stereocenters. The lowest BCUT2D eigenvalue weighted by Gasteiger charge is -2.27. The van der Waals surface area contributed by atoms with Crippen molar-refractivity contribution in [2.45, 2.75) is 19.8 Å². The van der Waals surface area contributed by atoms with E-state index in [2.05, 4.69) is 22.0 Å². The third-order valence-electron chi connectivity index (χ3n) is 5.47. The third-order valence-corrected chi connectivity index (χ3v) is 6.20. The summed E-state index contributed by atoms with van der Waals surface area (Å²) in [4.78, 5) is 12.3. The zero-order valence-corrected chi connectivity index (χ0v) is 19.7. The van der Waals surface area contributed by atoms with Gasteiger partial charge in [0.1, 0.15) is 28.9 Å². The van der Waals surface area contributed by atoms with Crippen molar-refractivity contribution in [2.24, 2.45) is 5.73 Å². The molecule has 0 spiro atoms. The molecular formula is C26H21BrN2O4. The number of esters is 1. The van der Waals surface area contributed by atoms with E-state index in [-0.39, 0.29) is 12.5 Å². The molecule has 0 saturated carbocycles. The average Bonchev–Trinajstić information content (AvgIpc) is 2.79. The van der Waals surface area contributed by atoms with Crippen LogP contribution in [0.3, 0.4) is 0 Å². The number of hydrogen-bond acceptors (Lipinski definition) is 6. The molecule has 0 amide bonds. The molecule has 3 aromatic rings. The van der Waals surface area contributed by atoms with Gasteiger partial charge >= 0.3 is 5.97 Å². The van der Waals surface area contributed by atoms with Crippen LogP contribution in [0, 0.1) is 25.2 Å². The number of benzene rings is 3. The molecule has 4 rings (SSSR count). The predicted octanol–water partition coefficient (Wildman–Crippen LogP) is 5.27. The number of carbonyl (C=O) groups excluding carboxylic acids is 1. The molecule has 7 heteroatoms. The van der Waals surface area contributed by atoms with Crippen LogP contribution in [0.15, 0.2) is 76.6 Å². The molecule has 0 aliphatic carbocycles. The monoisotopic (exact) mass is 504 g/mol. The fraction of sp³-hybridized carbons (Fsp3) is 0.154. The minimum absolute atomic E-state index is 0.0207. The van der Waals surface area contributed by atoms with E-state index >= 15 is 0 Å². The molecular weight excluding hydrogens is 484 g/mol. The number of fused-ring (bicyclic) bond motifs is 1. The summed E-state index contributed by atoms with van der Waals surface area (Å²) in [5.74, 6) is 0.378. The van der Waals surface area contributed by atoms with Gasteiger partial charge in [-0.1, -0.05) is 46.3 Å². The van der Waals surface area contributed by atoms with E-state index in [1.54, 1.807) is 18.2 Å². The summed E-state index contributed by atoms with van der Waals surface area (Å²) in [5.41, 5.74) is 10.2. The van der Waals surface area contributed by atoms with Crippen LogP contribution >= 0.6 is 15.9 Å². The molecule has 1 heterocycles. The second kappa shape index (κ2) is 9.39. The molecule has 166 valence electrons. The van der Waals surface area contributed by atoms with Gasteiger partial charge in [0.2, 0.25) is 5.88 Å². The summed E-state index contributed by atoms with van der Waals surface area (Å²) in [6, 6.07) is 20.4. The Morgan fingerprint density at radius 2 is 1.82 bits per heavy atom. The van der Waals surface area contributed by atoms with Crippen LogP contribution in [-0.2, 0) is 4.79 Å². The lowest BCUT2D eigenvalue weighted by molar-refractivity contribution is -0.136. The van der Waals surface area contributed by atoms with Gasteiger partial charge in [-0.3, -0.25) is 0 Å².